The van der Waals surface area contributed by atoms with E-state index in [9.17, 15) is 0 Å². The molecule has 3 atom stereocenters. The largest absolute Gasteiger partial charge is 0.375 e. The summed E-state index contributed by atoms with van der Waals surface area (Å²) in [4.78, 5) is 2.49. The van der Waals surface area contributed by atoms with Crippen LogP contribution >= 0.6 is 12.6 Å². The van der Waals surface area contributed by atoms with E-state index in [2.05, 4.69) is 32.7 Å². The summed E-state index contributed by atoms with van der Waals surface area (Å²) >= 11 is 4.82. The summed E-state index contributed by atoms with van der Waals surface area (Å²) in [6.07, 6.45) is 5.18. The summed E-state index contributed by atoms with van der Waals surface area (Å²) in [5.41, 5.74) is 3.12. The Morgan fingerprint density at radius 3 is 2.73 bits per heavy atom. The Kier molecular flexibility index (Phi) is 2.83. The molecule has 2 aliphatic rings. The summed E-state index contributed by atoms with van der Waals surface area (Å²) in [5, 5.41) is 0. The zero-order valence-electron chi connectivity index (χ0n) is 10.4. The monoisotopic (exact) mass is 225 g/mol. The topological polar surface area (TPSA) is 3.24 Å². The molecule has 0 radical (unpaired) electrons. The van der Waals surface area contributed by atoms with Crippen molar-refractivity contribution in [1.29, 1.82) is 0 Å². The van der Waals surface area contributed by atoms with E-state index in [1.54, 1.807) is 5.57 Å². The average molecular weight is 225 g/mol. The first-order valence-electron chi connectivity index (χ1n) is 6.05. The van der Waals surface area contributed by atoms with Crippen LogP contribution in [0.5, 0.6) is 0 Å². The van der Waals surface area contributed by atoms with Gasteiger partial charge in [-0.15, -0.1) is 0 Å². The zero-order valence-corrected chi connectivity index (χ0v) is 11.3. The van der Waals surface area contributed by atoms with Gasteiger partial charge in [-0.25, -0.2) is 0 Å². The van der Waals surface area contributed by atoms with Crippen LogP contribution < -0.4 is 0 Å². The molecule has 0 aromatic rings. The standard InChI is InChI=1S/C13H23NS/c1-9-10(2)14(4)12-8-13(3,15)7-5-6-11(9)12/h11-12,15H,5-8H2,1-4H3. The number of allylic oxidation sites excluding steroid dienone is 1. The van der Waals surface area contributed by atoms with Crippen molar-refractivity contribution in [3.8, 4) is 0 Å². The van der Waals surface area contributed by atoms with E-state index in [0.29, 0.717) is 6.04 Å². The van der Waals surface area contributed by atoms with Gasteiger partial charge in [0.1, 0.15) is 0 Å². The van der Waals surface area contributed by atoms with E-state index in [4.69, 9.17) is 12.6 Å². The Morgan fingerprint density at radius 1 is 1.40 bits per heavy atom. The number of hydrogen-bond donors (Lipinski definition) is 1. The van der Waals surface area contributed by atoms with Crippen LogP contribution in [0.4, 0.5) is 0 Å². The van der Waals surface area contributed by atoms with Crippen LogP contribution in [0.3, 0.4) is 0 Å². The smallest absolute Gasteiger partial charge is 0.0362 e. The minimum atomic E-state index is 0.235. The van der Waals surface area contributed by atoms with E-state index in [1.165, 1.54) is 31.4 Å². The lowest BCUT2D eigenvalue weighted by atomic mass is 9.90. The van der Waals surface area contributed by atoms with Crippen LogP contribution in [-0.4, -0.2) is 22.7 Å². The van der Waals surface area contributed by atoms with Crippen molar-refractivity contribution in [3.05, 3.63) is 11.3 Å². The second-order valence-electron chi connectivity index (χ2n) is 5.65. The average Bonchev–Trinajstić information content (AvgIpc) is 2.35. The summed E-state index contributed by atoms with van der Waals surface area (Å²) in [5.74, 6) is 0.795. The van der Waals surface area contributed by atoms with Crippen LogP contribution in [0.2, 0.25) is 0 Å². The Morgan fingerprint density at radius 2 is 2.07 bits per heavy atom. The molecule has 1 aliphatic carbocycles. The summed E-state index contributed by atoms with van der Waals surface area (Å²) in [6.45, 7) is 6.88. The number of fused-ring (bicyclic) bond motifs is 1. The third-order valence-electron chi connectivity index (χ3n) is 4.50. The second-order valence-corrected chi connectivity index (χ2v) is 6.73. The van der Waals surface area contributed by atoms with Crippen molar-refractivity contribution in [2.24, 2.45) is 5.92 Å². The lowest BCUT2D eigenvalue weighted by molar-refractivity contribution is 0.257. The quantitative estimate of drug-likeness (QED) is 0.618. The molecule has 0 saturated heterocycles. The first kappa shape index (κ1) is 11.4. The fraction of sp³-hybridized carbons (Fsp3) is 0.846. The van der Waals surface area contributed by atoms with Crippen molar-refractivity contribution in [2.75, 3.05) is 7.05 Å². The fourth-order valence-electron chi connectivity index (χ4n) is 3.30. The van der Waals surface area contributed by atoms with Crippen LogP contribution in [0.25, 0.3) is 0 Å². The number of thiol groups is 1. The van der Waals surface area contributed by atoms with Crippen LogP contribution in [0.1, 0.15) is 46.5 Å². The van der Waals surface area contributed by atoms with Gasteiger partial charge < -0.3 is 4.90 Å². The van der Waals surface area contributed by atoms with Crippen molar-refractivity contribution >= 4 is 12.6 Å². The van der Waals surface area contributed by atoms with E-state index < -0.39 is 0 Å². The maximum absolute atomic E-state index is 4.82. The molecule has 0 aromatic heterocycles. The molecule has 3 unspecified atom stereocenters. The van der Waals surface area contributed by atoms with Crippen LogP contribution in [-0.2, 0) is 0 Å². The molecule has 1 aliphatic heterocycles. The highest BCUT2D eigenvalue weighted by Gasteiger charge is 2.40. The molecule has 0 amide bonds. The van der Waals surface area contributed by atoms with E-state index in [-0.39, 0.29) is 4.75 Å². The highest BCUT2D eigenvalue weighted by Crippen LogP contribution is 2.44. The Balaban J connectivity index is 2.25. The van der Waals surface area contributed by atoms with Gasteiger partial charge in [0, 0.05) is 29.5 Å². The third kappa shape index (κ3) is 1.93. The molecule has 0 aromatic carbocycles. The lowest BCUT2D eigenvalue weighted by Crippen LogP contribution is -2.34. The fourth-order valence-corrected chi connectivity index (χ4v) is 3.64. The Labute approximate surface area is 99.3 Å². The molecule has 1 fully saturated rings. The molecule has 1 nitrogen and oxygen atoms in total. The molecule has 2 rings (SSSR count). The normalized spacial score (nSPS) is 41.8. The highest BCUT2D eigenvalue weighted by molar-refractivity contribution is 7.81. The maximum Gasteiger partial charge on any atom is 0.0362 e. The maximum atomic E-state index is 4.82. The van der Waals surface area contributed by atoms with Crippen molar-refractivity contribution in [1.82, 2.24) is 4.90 Å². The van der Waals surface area contributed by atoms with E-state index in [0.717, 1.165) is 5.92 Å². The number of rotatable bonds is 0. The molecular weight excluding hydrogens is 202 g/mol. The second kappa shape index (κ2) is 3.73. The zero-order chi connectivity index (χ0) is 11.2. The molecule has 86 valence electrons. The first-order chi connectivity index (χ1) is 6.92. The summed E-state index contributed by atoms with van der Waals surface area (Å²) < 4.78 is 0.235. The molecule has 1 heterocycles. The molecule has 15 heavy (non-hydrogen) atoms. The van der Waals surface area contributed by atoms with E-state index >= 15 is 0 Å². The first-order valence-corrected chi connectivity index (χ1v) is 6.50. The van der Waals surface area contributed by atoms with Crippen LogP contribution in [0, 0.1) is 5.92 Å². The molecule has 2 heteroatoms. The minimum absolute atomic E-state index is 0.235. The molecule has 0 bridgehead atoms. The Hall–Kier alpha value is -0.110. The van der Waals surface area contributed by atoms with Gasteiger partial charge in [0.15, 0.2) is 0 Å². The van der Waals surface area contributed by atoms with Crippen molar-refractivity contribution in [2.45, 2.75) is 57.2 Å². The molecule has 0 spiro atoms. The molecule has 1 saturated carbocycles. The SMILES string of the molecule is CC1=C(C)N(C)C2CC(C)(S)CCCC12. The van der Waals surface area contributed by atoms with Crippen LogP contribution in [0.15, 0.2) is 11.3 Å². The summed E-state index contributed by atoms with van der Waals surface area (Å²) in [7, 11) is 2.25. The minimum Gasteiger partial charge on any atom is -0.375 e. The third-order valence-corrected chi connectivity index (χ3v) is 4.90. The predicted octanol–water partition coefficient (Wildman–Crippen LogP) is 3.47. The highest BCUT2D eigenvalue weighted by atomic mass is 32.1. The van der Waals surface area contributed by atoms with Crippen molar-refractivity contribution < 1.29 is 0 Å². The van der Waals surface area contributed by atoms with Gasteiger partial charge >= 0.3 is 0 Å². The molecule has 0 N–H and O–H groups in total. The Bertz CT molecular complexity index is 293. The van der Waals surface area contributed by atoms with Gasteiger partial charge in [0.25, 0.3) is 0 Å². The van der Waals surface area contributed by atoms with Gasteiger partial charge in [0.2, 0.25) is 0 Å². The van der Waals surface area contributed by atoms with Gasteiger partial charge in [-0.3, -0.25) is 0 Å². The van der Waals surface area contributed by atoms with Gasteiger partial charge in [-0.05, 0) is 38.7 Å². The van der Waals surface area contributed by atoms with Gasteiger partial charge in [0.05, 0.1) is 0 Å². The number of nitrogens with zero attached hydrogens (tertiary/aromatic N) is 1. The number of hydrogen-bond acceptors (Lipinski definition) is 2. The predicted molar refractivity (Wildman–Crippen MR) is 69.3 cm³/mol. The van der Waals surface area contributed by atoms with Gasteiger partial charge in [-0.2, -0.15) is 12.6 Å². The van der Waals surface area contributed by atoms with E-state index in [1.807, 2.05) is 0 Å². The summed E-state index contributed by atoms with van der Waals surface area (Å²) in [6, 6.07) is 0.704. The van der Waals surface area contributed by atoms with Crippen molar-refractivity contribution in [3.63, 3.8) is 0 Å². The lowest BCUT2D eigenvalue weighted by Gasteiger charge is -2.32. The molecular formula is C13H23NS. The van der Waals surface area contributed by atoms with Gasteiger partial charge in [-0.1, -0.05) is 13.3 Å².